The summed E-state index contributed by atoms with van der Waals surface area (Å²) in [5.74, 6) is 3.38. The summed E-state index contributed by atoms with van der Waals surface area (Å²) in [7, 11) is 0. The van der Waals surface area contributed by atoms with Crippen molar-refractivity contribution in [3.63, 3.8) is 0 Å². The van der Waals surface area contributed by atoms with Gasteiger partial charge in [-0.3, -0.25) is 0 Å². The molecule has 3 fully saturated rings. The van der Waals surface area contributed by atoms with E-state index in [-0.39, 0.29) is 5.41 Å². The van der Waals surface area contributed by atoms with E-state index in [1.165, 1.54) is 50.5 Å². The lowest BCUT2D eigenvalue weighted by Gasteiger charge is -2.38. The van der Waals surface area contributed by atoms with E-state index < -0.39 is 0 Å². The van der Waals surface area contributed by atoms with Crippen LogP contribution >= 0.6 is 23.8 Å². The Kier molecular flexibility index (Phi) is 8.16. The van der Waals surface area contributed by atoms with Gasteiger partial charge in [0.2, 0.25) is 5.95 Å². The van der Waals surface area contributed by atoms with Gasteiger partial charge in [0.1, 0.15) is 11.6 Å². The van der Waals surface area contributed by atoms with Crippen molar-refractivity contribution in [1.82, 2.24) is 15.3 Å². The van der Waals surface area contributed by atoms with E-state index in [0.717, 1.165) is 68.1 Å². The SMILES string of the molecule is CC1CCN(c2cc(N3CCCC3)nc(NC(=S)NCC3(c4cccc(Cl)c4)CCCCC3)n2)CC1. The molecule has 0 amide bonds. The van der Waals surface area contributed by atoms with Gasteiger partial charge in [0, 0.05) is 49.2 Å². The number of anilines is 3. The molecule has 0 bridgehead atoms. The summed E-state index contributed by atoms with van der Waals surface area (Å²) in [5, 5.41) is 8.23. The van der Waals surface area contributed by atoms with Gasteiger partial charge in [-0.1, -0.05) is 49.9 Å². The third kappa shape index (κ3) is 6.05. The number of nitrogens with one attached hydrogen (secondary N) is 2. The zero-order chi connectivity index (χ0) is 25.0. The van der Waals surface area contributed by atoms with Crippen molar-refractivity contribution in [3.05, 3.63) is 40.9 Å². The Hall–Kier alpha value is -2.12. The first kappa shape index (κ1) is 25.5. The molecule has 8 heteroatoms. The van der Waals surface area contributed by atoms with Gasteiger partial charge in [0.05, 0.1) is 0 Å². The molecule has 0 spiro atoms. The lowest BCUT2D eigenvalue weighted by atomic mass is 9.69. The van der Waals surface area contributed by atoms with Crippen LogP contribution in [0.1, 0.15) is 70.3 Å². The van der Waals surface area contributed by atoms with Crippen LogP contribution in [-0.2, 0) is 5.41 Å². The van der Waals surface area contributed by atoms with Gasteiger partial charge in [-0.05, 0) is 74.4 Å². The van der Waals surface area contributed by atoms with Gasteiger partial charge < -0.3 is 20.4 Å². The Balaban J connectivity index is 1.31. The Morgan fingerprint density at radius 1 is 0.972 bits per heavy atom. The number of aromatic nitrogens is 2. The largest absolute Gasteiger partial charge is 0.361 e. The topological polar surface area (TPSA) is 56.3 Å². The fourth-order valence-electron chi connectivity index (χ4n) is 6.00. The number of benzene rings is 1. The van der Waals surface area contributed by atoms with Gasteiger partial charge in [-0.2, -0.15) is 9.97 Å². The summed E-state index contributed by atoms with van der Waals surface area (Å²) < 4.78 is 0. The Bertz CT molecular complexity index is 1040. The van der Waals surface area contributed by atoms with Gasteiger partial charge in [0.15, 0.2) is 5.11 Å². The molecule has 5 rings (SSSR count). The van der Waals surface area contributed by atoms with Crippen LogP contribution in [0.15, 0.2) is 30.3 Å². The fraction of sp³-hybridized carbons (Fsp3) is 0.607. The van der Waals surface area contributed by atoms with Gasteiger partial charge in [-0.15, -0.1) is 0 Å². The van der Waals surface area contributed by atoms with Crippen LogP contribution in [0.25, 0.3) is 0 Å². The Labute approximate surface area is 226 Å². The minimum Gasteiger partial charge on any atom is -0.361 e. The first-order valence-corrected chi connectivity index (χ1v) is 14.5. The third-order valence-electron chi connectivity index (χ3n) is 8.30. The molecule has 2 saturated heterocycles. The van der Waals surface area contributed by atoms with E-state index in [0.29, 0.717) is 11.1 Å². The molecule has 6 nitrogen and oxygen atoms in total. The average Bonchev–Trinajstić information content (AvgIpc) is 3.44. The molecule has 0 radical (unpaired) electrons. The van der Waals surface area contributed by atoms with Gasteiger partial charge >= 0.3 is 0 Å². The average molecular weight is 527 g/mol. The van der Waals surface area contributed by atoms with Crippen molar-refractivity contribution >= 4 is 46.5 Å². The highest BCUT2D eigenvalue weighted by atomic mass is 35.5. The molecule has 3 aliphatic rings. The quantitative estimate of drug-likeness (QED) is 0.437. The predicted octanol–water partition coefficient (Wildman–Crippen LogP) is 6.16. The Morgan fingerprint density at radius 2 is 1.64 bits per heavy atom. The van der Waals surface area contributed by atoms with Crippen molar-refractivity contribution < 1.29 is 0 Å². The minimum atomic E-state index is 0.0444. The molecule has 2 aliphatic heterocycles. The second-order valence-corrected chi connectivity index (χ2v) is 11.8. The van der Waals surface area contributed by atoms with Gasteiger partial charge in [-0.25, -0.2) is 0 Å². The second-order valence-electron chi connectivity index (χ2n) is 10.9. The number of hydrogen-bond donors (Lipinski definition) is 2. The fourth-order valence-corrected chi connectivity index (χ4v) is 6.35. The van der Waals surface area contributed by atoms with Crippen molar-refractivity contribution in [2.75, 3.05) is 47.8 Å². The first-order valence-electron chi connectivity index (χ1n) is 13.7. The van der Waals surface area contributed by atoms with Crippen LogP contribution in [0.3, 0.4) is 0 Å². The maximum atomic E-state index is 6.37. The van der Waals surface area contributed by atoms with E-state index in [1.54, 1.807) is 0 Å². The molecule has 1 aliphatic carbocycles. The number of nitrogens with zero attached hydrogens (tertiary/aromatic N) is 4. The van der Waals surface area contributed by atoms with Crippen LogP contribution < -0.4 is 20.4 Å². The molecule has 0 unspecified atom stereocenters. The lowest BCUT2D eigenvalue weighted by Crippen LogP contribution is -2.43. The second kappa shape index (κ2) is 11.5. The Morgan fingerprint density at radius 3 is 2.31 bits per heavy atom. The summed E-state index contributed by atoms with van der Waals surface area (Å²) in [4.78, 5) is 14.6. The van der Waals surface area contributed by atoms with Crippen LogP contribution in [0.5, 0.6) is 0 Å². The molecule has 2 N–H and O–H groups in total. The highest BCUT2D eigenvalue weighted by Crippen LogP contribution is 2.39. The number of hydrogen-bond acceptors (Lipinski definition) is 5. The maximum Gasteiger partial charge on any atom is 0.232 e. The van der Waals surface area contributed by atoms with E-state index in [1.807, 2.05) is 6.07 Å². The zero-order valence-corrected chi connectivity index (χ0v) is 23.0. The van der Waals surface area contributed by atoms with Crippen LogP contribution in [0.2, 0.25) is 5.02 Å². The number of halogens is 1. The highest BCUT2D eigenvalue weighted by molar-refractivity contribution is 7.80. The molecule has 1 aromatic heterocycles. The molecule has 1 aromatic carbocycles. The normalized spacial score (nSPS) is 20.4. The highest BCUT2D eigenvalue weighted by Gasteiger charge is 2.34. The summed E-state index contributed by atoms with van der Waals surface area (Å²) >= 11 is 12.1. The zero-order valence-electron chi connectivity index (χ0n) is 21.4. The summed E-state index contributed by atoms with van der Waals surface area (Å²) in [5.41, 5.74) is 1.35. The maximum absolute atomic E-state index is 6.37. The predicted molar refractivity (Wildman–Crippen MR) is 155 cm³/mol. The molecular formula is C28H39ClN6S. The summed E-state index contributed by atoms with van der Waals surface area (Å²) in [6.07, 6.45) is 10.9. The van der Waals surface area contributed by atoms with Crippen molar-refractivity contribution in [3.8, 4) is 0 Å². The molecule has 3 heterocycles. The van der Waals surface area contributed by atoms with Crippen molar-refractivity contribution in [2.24, 2.45) is 5.92 Å². The molecule has 194 valence electrons. The van der Waals surface area contributed by atoms with E-state index in [2.05, 4.69) is 51.6 Å². The van der Waals surface area contributed by atoms with Gasteiger partial charge in [0.25, 0.3) is 0 Å². The van der Waals surface area contributed by atoms with Crippen molar-refractivity contribution in [2.45, 2.75) is 70.1 Å². The number of piperidine rings is 1. The van der Waals surface area contributed by atoms with Crippen LogP contribution in [-0.4, -0.2) is 47.8 Å². The number of rotatable bonds is 6. The van der Waals surface area contributed by atoms with E-state index in [4.69, 9.17) is 33.8 Å². The molecule has 36 heavy (non-hydrogen) atoms. The molecular weight excluding hydrogens is 488 g/mol. The summed E-state index contributed by atoms with van der Waals surface area (Å²) in [6, 6.07) is 10.5. The minimum absolute atomic E-state index is 0.0444. The van der Waals surface area contributed by atoms with E-state index in [9.17, 15) is 0 Å². The molecule has 0 atom stereocenters. The third-order valence-corrected chi connectivity index (χ3v) is 8.78. The van der Waals surface area contributed by atoms with Crippen molar-refractivity contribution in [1.29, 1.82) is 0 Å². The first-order chi connectivity index (χ1) is 17.5. The van der Waals surface area contributed by atoms with E-state index >= 15 is 0 Å². The number of thiocarbonyl (C=S) groups is 1. The van der Waals surface area contributed by atoms with Crippen LogP contribution in [0, 0.1) is 5.92 Å². The standard InChI is InChI=1S/C28H39ClN6S/c1-21-10-16-35(17-11-21)25-19-24(34-14-5-6-15-34)31-26(32-25)33-27(36)30-20-28(12-3-2-4-13-28)22-8-7-9-23(29)18-22/h7-9,18-19,21H,2-6,10-17,20H2,1H3,(H2,30,31,32,33,36). The summed E-state index contributed by atoms with van der Waals surface area (Å²) in [6.45, 7) is 7.31. The monoisotopic (exact) mass is 526 g/mol. The lowest BCUT2D eigenvalue weighted by molar-refractivity contribution is 0.292. The molecule has 2 aromatic rings. The van der Waals surface area contributed by atoms with Crippen LogP contribution in [0.4, 0.5) is 17.6 Å². The smallest absolute Gasteiger partial charge is 0.232 e. The molecule has 1 saturated carbocycles.